The van der Waals surface area contributed by atoms with Gasteiger partial charge in [-0.2, -0.15) is 13.2 Å². The summed E-state index contributed by atoms with van der Waals surface area (Å²) in [5.74, 6) is -0.678. The molecule has 0 saturated heterocycles. The second kappa shape index (κ2) is 6.62. The molecule has 0 aliphatic heterocycles. The Morgan fingerprint density at radius 3 is 2.47 bits per heavy atom. The summed E-state index contributed by atoms with van der Waals surface area (Å²) in [5.41, 5.74) is 0. The lowest BCUT2D eigenvalue weighted by Crippen LogP contribution is -2.40. The number of aliphatic hydroxyl groups excluding tert-OH is 1. The summed E-state index contributed by atoms with van der Waals surface area (Å²) >= 11 is 0. The van der Waals surface area contributed by atoms with Crippen LogP contribution in [0, 0.1) is 0 Å². The van der Waals surface area contributed by atoms with Gasteiger partial charge in [-0.25, -0.2) is 0 Å². The van der Waals surface area contributed by atoms with Gasteiger partial charge in [0.25, 0.3) is 0 Å². The molecule has 0 aromatic carbocycles. The summed E-state index contributed by atoms with van der Waals surface area (Å²) in [6, 6.07) is 0. The van der Waals surface area contributed by atoms with Crippen LogP contribution in [-0.2, 0) is 9.53 Å². The van der Waals surface area contributed by atoms with Crippen molar-refractivity contribution >= 4 is 5.91 Å². The number of ether oxygens (including phenoxy) is 1. The molecule has 0 radical (unpaired) electrons. The molecule has 0 rings (SSSR count). The van der Waals surface area contributed by atoms with Gasteiger partial charge in [0.2, 0.25) is 5.91 Å². The van der Waals surface area contributed by atoms with Crippen LogP contribution in [0.25, 0.3) is 0 Å². The van der Waals surface area contributed by atoms with E-state index in [9.17, 15) is 18.0 Å². The molecule has 0 saturated carbocycles. The summed E-state index contributed by atoms with van der Waals surface area (Å²) in [7, 11) is 1.35. The third-order valence-corrected chi connectivity index (χ3v) is 1.61. The van der Waals surface area contributed by atoms with Crippen molar-refractivity contribution in [3.05, 3.63) is 0 Å². The van der Waals surface area contributed by atoms with Crippen LogP contribution in [0.4, 0.5) is 13.2 Å². The third kappa shape index (κ3) is 7.15. The van der Waals surface area contributed by atoms with Gasteiger partial charge in [0, 0.05) is 13.7 Å². The number of alkyl halides is 3. The SMILES string of the molecule is COCCC(=O)N(CCO)CC(F)(F)F. The first-order chi connectivity index (χ1) is 6.90. The average Bonchev–Trinajstić information content (AvgIpc) is 2.11. The first-order valence-corrected chi connectivity index (χ1v) is 4.35. The van der Waals surface area contributed by atoms with Gasteiger partial charge in [-0.3, -0.25) is 4.79 Å². The summed E-state index contributed by atoms with van der Waals surface area (Å²) in [5, 5.41) is 8.52. The zero-order chi connectivity index (χ0) is 11.9. The quantitative estimate of drug-likeness (QED) is 0.717. The number of methoxy groups -OCH3 is 1. The predicted octanol–water partition coefficient (Wildman–Crippen LogP) is 0.406. The monoisotopic (exact) mass is 229 g/mol. The summed E-state index contributed by atoms with van der Waals surface area (Å²) in [4.78, 5) is 11.8. The van der Waals surface area contributed by atoms with E-state index in [2.05, 4.69) is 4.74 Å². The fourth-order valence-electron chi connectivity index (χ4n) is 0.977. The molecule has 7 heteroatoms. The smallest absolute Gasteiger partial charge is 0.395 e. The molecule has 0 aliphatic carbocycles. The first kappa shape index (κ1) is 14.2. The van der Waals surface area contributed by atoms with Crippen molar-refractivity contribution in [2.24, 2.45) is 0 Å². The van der Waals surface area contributed by atoms with E-state index >= 15 is 0 Å². The highest BCUT2D eigenvalue weighted by atomic mass is 19.4. The van der Waals surface area contributed by atoms with Gasteiger partial charge in [-0.15, -0.1) is 0 Å². The minimum atomic E-state index is -4.45. The predicted molar refractivity (Wildman–Crippen MR) is 46.2 cm³/mol. The van der Waals surface area contributed by atoms with Crippen molar-refractivity contribution < 1.29 is 27.8 Å². The van der Waals surface area contributed by atoms with Gasteiger partial charge in [0.15, 0.2) is 0 Å². The molecule has 1 N–H and O–H groups in total. The Kier molecular flexibility index (Phi) is 6.26. The molecular formula is C8H14F3NO3. The van der Waals surface area contributed by atoms with Crippen LogP contribution < -0.4 is 0 Å². The summed E-state index contributed by atoms with van der Waals surface area (Å²) in [6.45, 7) is -2.08. The number of aliphatic hydroxyl groups is 1. The molecule has 0 unspecified atom stereocenters. The summed E-state index contributed by atoms with van der Waals surface area (Å²) in [6.07, 6.45) is -4.56. The lowest BCUT2D eigenvalue weighted by Gasteiger charge is -2.22. The molecule has 0 atom stereocenters. The molecule has 1 amide bonds. The number of carbonyl (C=O) groups excluding carboxylic acids is 1. The van der Waals surface area contributed by atoms with Crippen molar-refractivity contribution in [2.45, 2.75) is 12.6 Å². The Hall–Kier alpha value is -0.820. The average molecular weight is 229 g/mol. The van der Waals surface area contributed by atoms with Crippen molar-refractivity contribution in [2.75, 3.05) is 33.4 Å². The van der Waals surface area contributed by atoms with Crippen LogP contribution in [0.1, 0.15) is 6.42 Å². The lowest BCUT2D eigenvalue weighted by molar-refractivity contribution is -0.162. The molecule has 90 valence electrons. The van der Waals surface area contributed by atoms with Crippen LogP contribution in [-0.4, -0.2) is 55.5 Å². The van der Waals surface area contributed by atoms with E-state index in [1.54, 1.807) is 0 Å². The topological polar surface area (TPSA) is 49.8 Å². The normalized spacial score (nSPS) is 11.5. The molecule has 4 nitrogen and oxygen atoms in total. The van der Waals surface area contributed by atoms with E-state index in [1.807, 2.05) is 0 Å². The van der Waals surface area contributed by atoms with E-state index in [1.165, 1.54) is 7.11 Å². The highest BCUT2D eigenvalue weighted by Gasteiger charge is 2.32. The van der Waals surface area contributed by atoms with Crippen molar-refractivity contribution in [3.63, 3.8) is 0 Å². The zero-order valence-corrected chi connectivity index (χ0v) is 8.38. The zero-order valence-electron chi connectivity index (χ0n) is 8.38. The van der Waals surface area contributed by atoms with E-state index in [-0.39, 0.29) is 19.6 Å². The third-order valence-electron chi connectivity index (χ3n) is 1.61. The van der Waals surface area contributed by atoms with E-state index in [4.69, 9.17) is 5.11 Å². The van der Waals surface area contributed by atoms with Crippen LogP contribution >= 0.6 is 0 Å². The molecule has 0 heterocycles. The van der Waals surface area contributed by atoms with Crippen LogP contribution in [0.5, 0.6) is 0 Å². The molecule has 0 spiro atoms. The highest BCUT2D eigenvalue weighted by molar-refractivity contribution is 5.76. The maximum atomic E-state index is 12.0. The number of rotatable bonds is 6. The molecule has 0 aromatic heterocycles. The number of hydrogen-bond acceptors (Lipinski definition) is 3. The van der Waals surface area contributed by atoms with Gasteiger partial charge in [-0.1, -0.05) is 0 Å². The molecular weight excluding hydrogens is 215 g/mol. The fourth-order valence-corrected chi connectivity index (χ4v) is 0.977. The Bertz CT molecular complexity index is 196. The van der Waals surface area contributed by atoms with E-state index in [0.717, 1.165) is 0 Å². The lowest BCUT2D eigenvalue weighted by atomic mass is 10.3. The number of halogens is 3. The van der Waals surface area contributed by atoms with Crippen molar-refractivity contribution in [1.82, 2.24) is 4.90 Å². The molecule has 15 heavy (non-hydrogen) atoms. The van der Waals surface area contributed by atoms with E-state index in [0.29, 0.717) is 4.90 Å². The van der Waals surface area contributed by atoms with Gasteiger partial charge in [0.1, 0.15) is 6.54 Å². The molecule has 0 bridgehead atoms. The Balaban J connectivity index is 4.18. The van der Waals surface area contributed by atoms with Crippen molar-refractivity contribution in [1.29, 1.82) is 0 Å². The Morgan fingerprint density at radius 1 is 1.47 bits per heavy atom. The van der Waals surface area contributed by atoms with Crippen molar-refractivity contribution in [3.8, 4) is 0 Å². The number of carbonyl (C=O) groups is 1. The summed E-state index contributed by atoms with van der Waals surface area (Å²) < 4.78 is 40.6. The van der Waals surface area contributed by atoms with Gasteiger partial charge < -0.3 is 14.7 Å². The molecule has 0 fully saturated rings. The standard InChI is InChI=1S/C8H14F3NO3/c1-15-5-2-7(14)12(3-4-13)6-8(9,10)11/h13H,2-6H2,1H3. The minimum Gasteiger partial charge on any atom is -0.395 e. The molecule has 0 aliphatic rings. The van der Waals surface area contributed by atoms with Gasteiger partial charge in [0.05, 0.1) is 19.6 Å². The van der Waals surface area contributed by atoms with Gasteiger partial charge in [-0.05, 0) is 0 Å². The van der Waals surface area contributed by atoms with E-state index < -0.39 is 25.2 Å². The van der Waals surface area contributed by atoms with Crippen LogP contribution in [0.2, 0.25) is 0 Å². The minimum absolute atomic E-state index is 0.0681. The second-order valence-electron chi connectivity index (χ2n) is 2.90. The van der Waals surface area contributed by atoms with Gasteiger partial charge >= 0.3 is 6.18 Å². The maximum Gasteiger partial charge on any atom is 0.406 e. The van der Waals surface area contributed by atoms with Crippen LogP contribution in [0.3, 0.4) is 0 Å². The number of hydrogen-bond donors (Lipinski definition) is 1. The van der Waals surface area contributed by atoms with Crippen LogP contribution in [0.15, 0.2) is 0 Å². The number of nitrogens with zero attached hydrogens (tertiary/aromatic N) is 1. The fraction of sp³-hybridized carbons (Fsp3) is 0.875. The largest absolute Gasteiger partial charge is 0.406 e. The number of amides is 1. The highest BCUT2D eigenvalue weighted by Crippen LogP contribution is 2.16. The second-order valence-corrected chi connectivity index (χ2v) is 2.90. The maximum absolute atomic E-state index is 12.0. The first-order valence-electron chi connectivity index (χ1n) is 4.35. The molecule has 0 aromatic rings. The Morgan fingerprint density at radius 2 is 2.07 bits per heavy atom. The Labute approximate surface area is 85.6 Å².